The Kier molecular flexibility index (Phi) is 6.45. The lowest BCUT2D eigenvalue weighted by molar-refractivity contribution is -0.121. The van der Waals surface area contributed by atoms with Gasteiger partial charge in [-0.3, -0.25) is 4.79 Å². The van der Waals surface area contributed by atoms with Crippen LogP contribution in [-0.2, 0) is 11.3 Å². The molecule has 1 amide bonds. The first-order valence-electron chi connectivity index (χ1n) is 6.10. The zero-order valence-corrected chi connectivity index (χ0v) is 11.7. The fourth-order valence-electron chi connectivity index (χ4n) is 1.84. The molecule has 1 heterocycles. The predicted molar refractivity (Wildman–Crippen MR) is 74.8 cm³/mol. The monoisotopic (exact) mass is 286 g/mol. The van der Waals surface area contributed by atoms with E-state index in [1.807, 2.05) is 25.2 Å². The van der Waals surface area contributed by atoms with Crippen molar-refractivity contribution in [1.82, 2.24) is 10.6 Å². The molecule has 1 aliphatic heterocycles. The number of ether oxygens (including phenoxy) is 2. The van der Waals surface area contributed by atoms with E-state index in [0.29, 0.717) is 13.0 Å². The van der Waals surface area contributed by atoms with Crippen molar-refractivity contribution in [1.29, 1.82) is 0 Å². The van der Waals surface area contributed by atoms with Crippen LogP contribution in [0, 0.1) is 0 Å². The van der Waals surface area contributed by atoms with Crippen LogP contribution in [0.15, 0.2) is 18.2 Å². The van der Waals surface area contributed by atoms with Crippen LogP contribution in [0.2, 0.25) is 0 Å². The van der Waals surface area contributed by atoms with E-state index in [-0.39, 0.29) is 25.1 Å². The highest BCUT2D eigenvalue weighted by Crippen LogP contribution is 2.35. The minimum Gasteiger partial charge on any atom is -0.454 e. The van der Waals surface area contributed by atoms with Gasteiger partial charge in [0.1, 0.15) is 0 Å². The molecule has 1 aliphatic rings. The predicted octanol–water partition coefficient (Wildman–Crippen LogP) is 1.45. The van der Waals surface area contributed by atoms with Gasteiger partial charge >= 0.3 is 0 Å². The molecular formula is C13H19ClN2O3. The van der Waals surface area contributed by atoms with Crippen LogP contribution >= 0.6 is 12.4 Å². The molecule has 19 heavy (non-hydrogen) atoms. The lowest BCUT2D eigenvalue weighted by Crippen LogP contribution is -2.23. The van der Waals surface area contributed by atoms with Gasteiger partial charge in [0.2, 0.25) is 12.7 Å². The maximum Gasteiger partial charge on any atom is 0.231 e. The summed E-state index contributed by atoms with van der Waals surface area (Å²) in [5.41, 5.74) is 0.951. The van der Waals surface area contributed by atoms with Crippen molar-refractivity contribution in [3.05, 3.63) is 23.8 Å². The van der Waals surface area contributed by atoms with E-state index in [1.165, 1.54) is 0 Å². The van der Waals surface area contributed by atoms with Gasteiger partial charge in [0.25, 0.3) is 0 Å². The summed E-state index contributed by atoms with van der Waals surface area (Å²) in [7, 11) is 1.88. The second kappa shape index (κ2) is 7.86. The van der Waals surface area contributed by atoms with Gasteiger partial charge in [-0.25, -0.2) is 0 Å². The van der Waals surface area contributed by atoms with Crippen LogP contribution in [0.3, 0.4) is 0 Å². The molecule has 0 fully saturated rings. The third kappa shape index (κ3) is 4.29. The Morgan fingerprint density at radius 1 is 1.37 bits per heavy atom. The average molecular weight is 287 g/mol. The number of carbonyl (C=O) groups excluding carboxylic acids is 1. The number of carbonyl (C=O) groups is 1. The van der Waals surface area contributed by atoms with Crippen molar-refractivity contribution < 1.29 is 14.3 Å². The lowest BCUT2D eigenvalue weighted by atomic mass is 10.2. The van der Waals surface area contributed by atoms with Crippen molar-refractivity contribution in [3.63, 3.8) is 0 Å². The largest absolute Gasteiger partial charge is 0.454 e. The normalized spacial score (nSPS) is 11.8. The van der Waals surface area contributed by atoms with Crippen LogP contribution in [0.5, 0.6) is 11.5 Å². The summed E-state index contributed by atoms with van der Waals surface area (Å²) in [6, 6.07) is 5.69. The van der Waals surface area contributed by atoms with Gasteiger partial charge < -0.3 is 20.1 Å². The van der Waals surface area contributed by atoms with Crippen molar-refractivity contribution >= 4 is 18.3 Å². The molecule has 6 heteroatoms. The fraction of sp³-hybridized carbons (Fsp3) is 0.462. The molecule has 1 aromatic rings. The van der Waals surface area contributed by atoms with Crippen LogP contribution in [0.1, 0.15) is 18.4 Å². The first-order chi connectivity index (χ1) is 8.81. The molecule has 0 aromatic heterocycles. The van der Waals surface area contributed by atoms with Gasteiger partial charge in [-0.05, 0) is 26.1 Å². The van der Waals surface area contributed by atoms with Crippen LogP contribution in [0.4, 0.5) is 0 Å². The Morgan fingerprint density at radius 2 is 2.21 bits per heavy atom. The maximum absolute atomic E-state index is 11.6. The first-order valence-corrected chi connectivity index (χ1v) is 6.10. The zero-order chi connectivity index (χ0) is 12.8. The summed E-state index contributed by atoms with van der Waals surface area (Å²) in [6.07, 6.45) is 1.38. The molecule has 2 N–H and O–H groups in total. The fourth-order valence-corrected chi connectivity index (χ4v) is 1.84. The Bertz CT molecular complexity index is 426. The number of hydrogen-bond donors (Lipinski definition) is 2. The van der Waals surface area contributed by atoms with Crippen LogP contribution in [-0.4, -0.2) is 26.3 Å². The van der Waals surface area contributed by atoms with Crippen molar-refractivity contribution in [2.45, 2.75) is 19.4 Å². The van der Waals surface area contributed by atoms with E-state index >= 15 is 0 Å². The topological polar surface area (TPSA) is 59.6 Å². The minimum atomic E-state index is 0. The molecule has 0 saturated carbocycles. The van der Waals surface area contributed by atoms with E-state index in [9.17, 15) is 4.79 Å². The highest BCUT2D eigenvalue weighted by atomic mass is 35.5. The molecule has 106 valence electrons. The van der Waals surface area contributed by atoms with Crippen molar-refractivity contribution in [2.75, 3.05) is 20.4 Å². The van der Waals surface area contributed by atoms with Gasteiger partial charge in [0, 0.05) is 18.5 Å². The molecule has 0 aliphatic carbocycles. The Balaban J connectivity index is 0.00000180. The van der Waals surface area contributed by atoms with Crippen molar-refractivity contribution in [2.24, 2.45) is 0 Å². The van der Waals surface area contributed by atoms with Gasteiger partial charge in [-0.1, -0.05) is 12.1 Å². The van der Waals surface area contributed by atoms with Gasteiger partial charge in [-0.15, -0.1) is 12.4 Å². The Hall–Kier alpha value is -1.46. The highest BCUT2D eigenvalue weighted by Gasteiger charge is 2.17. The SMILES string of the molecule is CNCCCC(=O)NCc1cccc2c1OCO2.Cl. The van der Waals surface area contributed by atoms with Crippen LogP contribution < -0.4 is 20.1 Å². The molecule has 0 saturated heterocycles. The summed E-state index contributed by atoms with van der Waals surface area (Å²) in [4.78, 5) is 11.6. The molecular weight excluding hydrogens is 268 g/mol. The maximum atomic E-state index is 11.6. The Labute approximate surface area is 119 Å². The summed E-state index contributed by atoms with van der Waals surface area (Å²) in [5.74, 6) is 1.55. The van der Waals surface area contributed by atoms with E-state index in [4.69, 9.17) is 9.47 Å². The molecule has 0 atom stereocenters. The number of fused-ring (bicyclic) bond motifs is 1. The van der Waals surface area contributed by atoms with Gasteiger partial charge in [0.15, 0.2) is 11.5 Å². The third-order valence-electron chi connectivity index (χ3n) is 2.78. The number of rotatable bonds is 6. The number of amides is 1. The van der Waals surface area contributed by atoms with E-state index < -0.39 is 0 Å². The second-order valence-electron chi connectivity index (χ2n) is 4.13. The standard InChI is InChI=1S/C13H18N2O3.ClH/c1-14-7-3-6-12(16)15-8-10-4-2-5-11-13(10)18-9-17-11;/h2,4-5,14H,3,6-9H2,1H3,(H,15,16);1H. The molecule has 2 rings (SSSR count). The number of nitrogens with one attached hydrogen (secondary N) is 2. The summed E-state index contributed by atoms with van der Waals surface area (Å²) in [5, 5.41) is 5.90. The zero-order valence-electron chi connectivity index (χ0n) is 10.9. The lowest BCUT2D eigenvalue weighted by Gasteiger charge is -2.07. The molecule has 0 spiro atoms. The van der Waals surface area contributed by atoms with E-state index in [2.05, 4.69) is 10.6 Å². The number of para-hydroxylation sites is 1. The molecule has 1 aromatic carbocycles. The van der Waals surface area contributed by atoms with Gasteiger partial charge in [-0.2, -0.15) is 0 Å². The summed E-state index contributed by atoms with van der Waals surface area (Å²) < 4.78 is 10.7. The van der Waals surface area contributed by atoms with Crippen molar-refractivity contribution in [3.8, 4) is 11.5 Å². The van der Waals surface area contributed by atoms with E-state index in [1.54, 1.807) is 0 Å². The molecule has 0 radical (unpaired) electrons. The molecule has 0 bridgehead atoms. The summed E-state index contributed by atoms with van der Waals surface area (Å²) in [6.45, 7) is 1.58. The average Bonchev–Trinajstić information content (AvgIpc) is 2.85. The van der Waals surface area contributed by atoms with Crippen LogP contribution in [0.25, 0.3) is 0 Å². The Morgan fingerprint density at radius 3 is 3.00 bits per heavy atom. The molecule has 0 unspecified atom stereocenters. The highest BCUT2D eigenvalue weighted by molar-refractivity contribution is 5.85. The third-order valence-corrected chi connectivity index (χ3v) is 2.78. The second-order valence-corrected chi connectivity index (χ2v) is 4.13. The smallest absolute Gasteiger partial charge is 0.231 e. The number of hydrogen-bond acceptors (Lipinski definition) is 4. The quantitative estimate of drug-likeness (QED) is 0.777. The minimum absolute atomic E-state index is 0. The molecule has 5 nitrogen and oxygen atoms in total. The number of halogens is 1. The van der Waals surface area contributed by atoms with Gasteiger partial charge in [0.05, 0.1) is 0 Å². The first kappa shape index (κ1) is 15.6. The van der Waals surface area contributed by atoms with E-state index in [0.717, 1.165) is 30.0 Å². The summed E-state index contributed by atoms with van der Waals surface area (Å²) >= 11 is 0. The number of benzene rings is 1.